The Morgan fingerprint density at radius 1 is 1.15 bits per heavy atom. The van der Waals surface area contributed by atoms with Gasteiger partial charge >= 0.3 is 0 Å². The number of ether oxygens (including phenoxy) is 1. The minimum atomic E-state index is -2.65. The third-order valence-corrected chi connectivity index (χ3v) is 9.57. The molecule has 9 heteroatoms. The summed E-state index contributed by atoms with van der Waals surface area (Å²) in [5, 5.41) is 12.1. The van der Waals surface area contributed by atoms with Crippen LogP contribution in [-0.4, -0.2) is 39.4 Å². The Labute approximate surface area is 226 Å². The predicted octanol–water partition coefficient (Wildman–Crippen LogP) is 5.04. The Morgan fingerprint density at radius 3 is 2.56 bits per heavy atom. The SMILES string of the molecule is Cn1cnnc1C1(c2cccc(N3Cc4c(cc(CNC5(C)CCC5)cc4C(F)F)C3=O)c2)CC2(COC2)C1. The van der Waals surface area contributed by atoms with Crippen LogP contribution in [0, 0.1) is 5.41 Å². The summed E-state index contributed by atoms with van der Waals surface area (Å²) in [5.74, 6) is 0.663. The lowest BCUT2D eigenvalue weighted by Gasteiger charge is -2.59. The molecule has 7 rings (SSSR count). The van der Waals surface area contributed by atoms with Gasteiger partial charge in [0.1, 0.15) is 12.2 Å². The zero-order chi connectivity index (χ0) is 27.0. The molecule has 1 aromatic heterocycles. The van der Waals surface area contributed by atoms with Gasteiger partial charge in [0.15, 0.2) is 0 Å². The van der Waals surface area contributed by atoms with E-state index in [4.69, 9.17) is 4.74 Å². The topological polar surface area (TPSA) is 72.3 Å². The summed E-state index contributed by atoms with van der Waals surface area (Å²) in [4.78, 5) is 15.3. The molecule has 204 valence electrons. The van der Waals surface area contributed by atoms with Crippen LogP contribution in [0.5, 0.6) is 0 Å². The van der Waals surface area contributed by atoms with E-state index in [0.717, 1.165) is 55.8 Å². The number of benzene rings is 2. The van der Waals surface area contributed by atoms with Crippen molar-refractivity contribution in [3.05, 3.63) is 76.4 Å². The number of rotatable bonds is 7. The number of carbonyl (C=O) groups excluding carboxylic acids is 1. The lowest BCUT2D eigenvalue weighted by molar-refractivity contribution is -0.182. The molecule has 3 heterocycles. The highest BCUT2D eigenvalue weighted by atomic mass is 19.3. The minimum Gasteiger partial charge on any atom is -0.380 e. The number of aryl methyl sites for hydroxylation is 1. The van der Waals surface area contributed by atoms with Crippen molar-refractivity contribution in [1.29, 1.82) is 0 Å². The summed E-state index contributed by atoms with van der Waals surface area (Å²) < 4.78 is 35.9. The van der Waals surface area contributed by atoms with Crippen molar-refractivity contribution in [2.24, 2.45) is 12.5 Å². The number of hydrogen-bond donors (Lipinski definition) is 1. The van der Waals surface area contributed by atoms with Gasteiger partial charge in [-0.15, -0.1) is 10.2 Å². The lowest BCUT2D eigenvalue weighted by Crippen LogP contribution is -2.60. The molecule has 3 fully saturated rings. The van der Waals surface area contributed by atoms with E-state index in [1.807, 2.05) is 29.8 Å². The first-order valence-corrected chi connectivity index (χ1v) is 13.7. The van der Waals surface area contributed by atoms with E-state index in [0.29, 0.717) is 23.4 Å². The van der Waals surface area contributed by atoms with Gasteiger partial charge in [0, 0.05) is 41.4 Å². The Bertz CT molecular complexity index is 1450. The molecule has 4 aliphatic rings. The van der Waals surface area contributed by atoms with Crippen LogP contribution >= 0.6 is 0 Å². The van der Waals surface area contributed by atoms with Crippen molar-refractivity contribution < 1.29 is 18.3 Å². The number of nitrogens with zero attached hydrogens (tertiary/aromatic N) is 4. The van der Waals surface area contributed by atoms with Crippen molar-refractivity contribution in [3.63, 3.8) is 0 Å². The summed E-state index contributed by atoms with van der Waals surface area (Å²) in [6.45, 7) is 4.26. The van der Waals surface area contributed by atoms with Crippen LogP contribution in [0.3, 0.4) is 0 Å². The van der Waals surface area contributed by atoms with Crippen LogP contribution in [0.4, 0.5) is 14.5 Å². The average Bonchev–Trinajstić information content (AvgIpc) is 3.43. The largest absolute Gasteiger partial charge is 0.380 e. The Kier molecular flexibility index (Phi) is 5.52. The smallest absolute Gasteiger partial charge is 0.264 e. The molecule has 2 aliphatic carbocycles. The van der Waals surface area contributed by atoms with Gasteiger partial charge in [0.25, 0.3) is 12.3 Å². The number of nitrogens with one attached hydrogen (secondary N) is 1. The first-order chi connectivity index (χ1) is 18.7. The van der Waals surface area contributed by atoms with Crippen molar-refractivity contribution in [3.8, 4) is 0 Å². The quantitative estimate of drug-likeness (QED) is 0.461. The van der Waals surface area contributed by atoms with Gasteiger partial charge in [-0.25, -0.2) is 8.78 Å². The molecule has 2 saturated carbocycles. The minimum absolute atomic E-state index is 0.0449. The highest BCUT2D eigenvalue weighted by molar-refractivity contribution is 6.10. The third-order valence-electron chi connectivity index (χ3n) is 9.57. The Balaban J connectivity index is 1.21. The average molecular weight is 534 g/mol. The predicted molar refractivity (Wildman–Crippen MR) is 142 cm³/mol. The molecule has 39 heavy (non-hydrogen) atoms. The second-order valence-electron chi connectivity index (χ2n) is 12.4. The van der Waals surface area contributed by atoms with E-state index in [-0.39, 0.29) is 34.4 Å². The second kappa shape index (κ2) is 8.66. The zero-order valence-electron chi connectivity index (χ0n) is 22.3. The van der Waals surface area contributed by atoms with Gasteiger partial charge in [-0.3, -0.25) is 4.79 Å². The molecule has 7 nitrogen and oxygen atoms in total. The summed E-state index contributed by atoms with van der Waals surface area (Å²) in [5.41, 5.74) is 3.14. The maximum absolute atomic E-state index is 14.2. The summed E-state index contributed by atoms with van der Waals surface area (Å²) in [7, 11) is 1.95. The first kappa shape index (κ1) is 24.8. The molecule has 1 spiro atoms. The first-order valence-electron chi connectivity index (χ1n) is 13.7. The number of amides is 1. The van der Waals surface area contributed by atoms with E-state index < -0.39 is 6.43 Å². The van der Waals surface area contributed by atoms with Gasteiger partial charge < -0.3 is 19.5 Å². The molecule has 0 unspecified atom stereocenters. The number of hydrogen-bond acceptors (Lipinski definition) is 5. The molecule has 1 amide bonds. The molecule has 0 bridgehead atoms. The highest BCUT2D eigenvalue weighted by Gasteiger charge is 2.61. The maximum Gasteiger partial charge on any atom is 0.264 e. The number of anilines is 1. The molecule has 2 aliphatic heterocycles. The molecule has 1 N–H and O–H groups in total. The number of aromatic nitrogens is 3. The van der Waals surface area contributed by atoms with E-state index in [9.17, 15) is 13.6 Å². The maximum atomic E-state index is 14.2. The van der Waals surface area contributed by atoms with Crippen LogP contribution in [0.25, 0.3) is 0 Å². The summed E-state index contributed by atoms with van der Waals surface area (Å²) in [6, 6.07) is 11.3. The van der Waals surface area contributed by atoms with E-state index in [2.05, 4.69) is 28.5 Å². The normalized spacial score (nSPS) is 22.0. The van der Waals surface area contributed by atoms with Gasteiger partial charge in [0.05, 0.1) is 25.2 Å². The number of halogens is 2. The van der Waals surface area contributed by atoms with Crippen LogP contribution in [-0.2, 0) is 30.3 Å². The second-order valence-corrected chi connectivity index (χ2v) is 12.4. The van der Waals surface area contributed by atoms with Crippen LogP contribution in [0.2, 0.25) is 0 Å². The van der Waals surface area contributed by atoms with Crippen molar-refractivity contribution in [1.82, 2.24) is 20.1 Å². The lowest BCUT2D eigenvalue weighted by atomic mass is 9.49. The fraction of sp³-hybridized carbons (Fsp3) is 0.500. The monoisotopic (exact) mass is 533 g/mol. The van der Waals surface area contributed by atoms with Gasteiger partial charge in [-0.2, -0.15) is 0 Å². The molecular weight excluding hydrogens is 500 g/mol. The molecular formula is C30H33F2N5O2. The van der Waals surface area contributed by atoms with Crippen LogP contribution < -0.4 is 10.2 Å². The zero-order valence-corrected chi connectivity index (χ0v) is 22.3. The Hall–Kier alpha value is -3.17. The number of alkyl halides is 2. The number of fused-ring (bicyclic) bond motifs is 1. The number of carbonyl (C=O) groups is 1. The molecule has 0 radical (unpaired) electrons. The van der Waals surface area contributed by atoms with E-state index in [1.54, 1.807) is 23.4 Å². The van der Waals surface area contributed by atoms with Gasteiger partial charge in [0.2, 0.25) is 0 Å². The van der Waals surface area contributed by atoms with Crippen LogP contribution in [0.15, 0.2) is 42.7 Å². The van der Waals surface area contributed by atoms with Crippen LogP contribution in [0.1, 0.15) is 83.9 Å². The standard InChI is InChI=1S/C30H33F2N5O2/c1-28(7-4-8-28)33-12-19-9-22(25(31)32)24-13-37(26(38)23(24)10-19)21-6-3-5-20(11-21)30(27-35-34-18-36(27)2)14-29(15-30)16-39-17-29/h3,5-6,9-11,18,25,33H,4,7-8,12-17H2,1-2H3. The molecule has 1 saturated heterocycles. The van der Waals surface area contributed by atoms with Crippen molar-refractivity contribution in [2.75, 3.05) is 18.1 Å². The molecule has 2 aromatic carbocycles. The van der Waals surface area contributed by atoms with E-state index >= 15 is 0 Å². The Morgan fingerprint density at radius 2 is 1.95 bits per heavy atom. The van der Waals surface area contributed by atoms with Gasteiger partial charge in [-0.05, 0) is 80.0 Å². The molecule has 3 aromatic rings. The third kappa shape index (κ3) is 3.84. The van der Waals surface area contributed by atoms with E-state index in [1.165, 1.54) is 6.42 Å². The van der Waals surface area contributed by atoms with Crippen molar-refractivity contribution in [2.45, 2.75) is 69.5 Å². The highest BCUT2D eigenvalue weighted by Crippen LogP contribution is 2.61. The summed E-state index contributed by atoms with van der Waals surface area (Å²) in [6.07, 6.45) is 4.19. The van der Waals surface area contributed by atoms with Gasteiger partial charge in [-0.1, -0.05) is 12.1 Å². The summed E-state index contributed by atoms with van der Waals surface area (Å²) >= 11 is 0. The van der Waals surface area contributed by atoms with Crippen molar-refractivity contribution >= 4 is 11.6 Å². The molecule has 0 atom stereocenters. The fourth-order valence-electron chi connectivity index (χ4n) is 7.21. The fourth-order valence-corrected chi connectivity index (χ4v) is 7.21.